The molecule has 0 saturated heterocycles. The van der Waals surface area contributed by atoms with Gasteiger partial charge >= 0.3 is 0 Å². The molecule has 12 heteroatoms. The third-order valence-corrected chi connectivity index (χ3v) is 6.59. The summed E-state index contributed by atoms with van der Waals surface area (Å²) in [6, 6.07) is 10.3. The van der Waals surface area contributed by atoms with E-state index in [2.05, 4.69) is 20.1 Å². The first-order valence-corrected chi connectivity index (χ1v) is 13.1. The third-order valence-electron chi connectivity index (χ3n) is 4.47. The molecule has 1 aliphatic carbocycles. The molecule has 2 aromatic rings. The third kappa shape index (κ3) is 6.77. The summed E-state index contributed by atoms with van der Waals surface area (Å²) in [6.45, 7) is 1.39. The van der Waals surface area contributed by atoms with Crippen LogP contribution in [0.25, 0.3) is 0 Å². The van der Waals surface area contributed by atoms with Crippen molar-refractivity contribution in [3.63, 3.8) is 0 Å². The van der Waals surface area contributed by atoms with Gasteiger partial charge in [-0.15, -0.1) is 0 Å². The molecule has 0 aromatic heterocycles. The van der Waals surface area contributed by atoms with Crippen molar-refractivity contribution in [1.29, 1.82) is 0 Å². The Labute approximate surface area is 186 Å². The van der Waals surface area contributed by atoms with E-state index >= 15 is 0 Å². The maximum Gasteiger partial charge on any atom is 0.253 e. The first-order chi connectivity index (χ1) is 14.9. The summed E-state index contributed by atoms with van der Waals surface area (Å²) < 4.78 is 52.6. The smallest absolute Gasteiger partial charge is 0.253 e. The van der Waals surface area contributed by atoms with E-state index in [0.717, 1.165) is 19.1 Å². The van der Waals surface area contributed by atoms with E-state index in [1.54, 1.807) is 12.1 Å². The van der Waals surface area contributed by atoms with E-state index in [-0.39, 0.29) is 34.6 Å². The van der Waals surface area contributed by atoms with Gasteiger partial charge in [-0.2, -0.15) is 0 Å². The quantitative estimate of drug-likeness (QED) is 0.426. The highest BCUT2D eigenvalue weighted by Gasteiger charge is 2.27. The Bertz CT molecular complexity index is 1240. The van der Waals surface area contributed by atoms with Crippen molar-refractivity contribution in [2.24, 2.45) is 0 Å². The van der Waals surface area contributed by atoms with E-state index in [4.69, 9.17) is 0 Å². The summed E-state index contributed by atoms with van der Waals surface area (Å²) in [5.41, 5.74) is 1.07. The summed E-state index contributed by atoms with van der Waals surface area (Å²) in [4.78, 5) is 24.2. The highest BCUT2D eigenvalue weighted by molar-refractivity contribution is 7.92. The van der Waals surface area contributed by atoms with Crippen molar-refractivity contribution in [2.45, 2.75) is 37.2 Å². The van der Waals surface area contributed by atoms with Gasteiger partial charge in [0.15, 0.2) is 0 Å². The molecule has 0 atom stereocenters. The van der Waals surface area contributed by atoms with Crippen molar-refractivity contribution in [3.05, 3.63) is 53.6 Å². The molecule has 172 valence electrons. The number of carbonyl (C=O) groups excluding carboxylic acids is 2. The van der Waals surface area contributed by atoms with E-state index < -0.39 is 26.0 Å². The number of rotatable bonds is 9. The molecule has 4 N–H and O–H groups in total. The van der Waals surface area contributed by atoms with E-state index in [9.17, 15) is 26.4 Å². The normalized spacial score (nSPS) is 13.9. The van der Waals surface area contributed by atoms with Crippen LogP contribution in [-0.2, 0) is 31.4 Å². The molecule has 1 aliphatic rings. The van der Waals surface area contributed by atoms with Gasteiger partial charge in [0.25, 0.3) is 5.91 Å². The topological polar surface area (TPSA) is 151 Å². The van der Waals surface area contributed by atoms with Gasteiger partial charge in [-0.05, 0) is 48.7 Å². The van der Waals surface area contributed by atoms with Gasteiger partial charge in [0.05, 0.1) is 22.4 Å². The standard InChI is InChI=1S/C20H24N4O6S2/c1-13(25)22-16-7-10-19(24-31(2,27)28)18(11-16)20(26)21-12-14-3-8-17(9-4-14)32(29,30)23-15-5-6-15/h3-4,7-11,15,23-24H,5-6,12H2,1-2H3,(H,21,26)(H,22,25). The Morgan fingerprint density at radius 2 is 1.66 bits per heavy atom. The number of sulfonamides is 2. The Kier molecular flexibility index (Phi) is 6.86. The van der Waals surface area contributed by atoms with Gasteiger partial charge < -0.3 is 10.6 Å². The highest BCUT2D eigenvalue weighted by Crippen LogP contribution is 2.23. The maximum absolute atomic E-state index is 12.8. The van der Waals surface area contributed by atoms with Crippen LogP contribution < -0.4 is 20.1 Å². The SMILES string of the molecule is CC(=O)Nc1ccc(NS(C)(=O)=O)c(C(=O)NCc2ccc(S(=O)(=O)NC3CC3)cc2)c1. The zero-order valence-electron chi connectivity index (χ0n) is 17.5. The second kappa shape index (κ2) is 9.27. The monoisotopic (exact) mass is 480 g/mol. The summed E-state index contributed by atoms with van der Waals surface area (Å²) in [7, 11) is -7.20. The fourth-order valence-electron chi connectivity index (χ4n) is 2.85. The van der Waals surface area contributed by atoms with Crippen LogP contribution in [0.4, 0.5) is 11.4 Å². The first-order valence-electron chi connectivity index (χ1n) is 9.72. The fraction of sp³-hybridized carbons (Fsp3) is 0.300. The molecule has 1 fully saturated rings. The lowest BCUT2D eigenvalue weighted by molar-refractivity contribution is -0.114. The van der Waals surface area contributed by atoms with Crippen LogP contribution in [0.1, 0.15) is 35.7 Å². The Morgan fingerprint density at radius 1 is 1.00 bits per heavy atom. The predicted molar refractivity (Wildman–Crippen MR) is 120 cm³/mol. The van der Waals surface area contributed by atoms with Gasteiger partial charge in [-0.1, -0.05) is 12.1 Å². The second-order valence-electron chi connectivity index (χ2n) is 7.54. The molecule has 0 spiro atoms. The van der Waals surface area contributed by atoms with E-state index in [1.165, 1.54) is 37.3 Å². The largest absolute Gasteiger partial charge is 0.348 e. The number of amides is 2. The van der Waals surface area contributed by atoms with E-state index in [1.807, 2.05) is 0 Å². The Hall–Kier alpha value is -2.96. The van der Waals surface area contributed by atoms with Crippen LogP contribution in [0.3, 0.4) is 0 Å². The Morgan fingerprint density at radius 3 is 2.22 bits per heavy atom. The van der Waals surface area contributed by atoms with Crippen molar-refractivity contribution in [3.8, 4) is 0 Å². The van der Waals surface area contributed by atoms with Crippen LogP contribution in [0.15, 0.2) is 47.4 Å². The number of hydrogen-bond acceptors (Lipinski definition) is 6. The number of hydrogen-bond donors (Lipinski definition) is 4. The summed E-state index contributed by atoms with van der Waals surface area (Å²) in [5.74, 6) is -0.915. The minimum atomic E-state index is -3.64. The highest BCUT2D eigenvalue weighted by atomic mass is 32.2. The van der Waals surface area contributed by atoms with Crippen molar-refractivity contribution >= 4 is 43.2 Å². The molecule has 1 saturated carbocycles. The summed E-state index contributed by atoms with van der Waals surface area (Å²) in [6.07, 6.45) is 2.63. The van der Waals surface area contributed by atoms with Crippen LogP contribution >= 0.6 is 0 Å². The number of carbonyl (C=O) groups is 2. The molecular formula is C20H24N4O6S2. The fourth-order valence-corrected chi connectivity index (χ4v) is 4.74. The molecular weight excluding hydrogens is 456 g/mol. The lowest BCUT2D eigenvalue weighted by atomic mass is 10.1. The summed E-state index contributed by atoms with van der Waals surface area (Å²) in [5, 5.41) is 5.21. The molecule has 10 nitrogen and oxygen atoms in total. The van der Waals surface area contributed by atoms with Crippen LogP contribution in [-0.4, -0.2) is 40.9 Å². The van der Waals surface area contributed by atoms with Crippen LogP contribution in [0.2, 0.25) is 0 Å². The zero-order valence-corrected chi connectivity index (χ0v) is 19.1. The molecule has 0 unspecified atom stereocenters. The number of nitrogens with one attached hydrogen (secondary N) is 4. The van der Waals surface area contributed by atoms with Gasteiger partial charge in [-0.25, -0.2) is 21.6 Å². The number of benzene rings is 2. The van der Waals surface area contributed by atoms with Gasteiger partial charge in [0.1, 0.15) is 0 Å². The zero-order chi connectivity index (χ0) is 23.5. The molecule has 0 bridgehead atoms. The van der Waals surface area contributed by atoms with Gasteiger partial charge in [0, 0.05) is 25.2 Å². The van der Waals surface area contributed by atoms with Gasteiger partial charge in [0.2, 0.25) is 26.0 Å². The first kappa shape index (κ1) is 23.7. The van der Waals surface area contributed by atoms with Crippen molar-refractivity contribution < 1.29 is 26.4 Å². The molecule has 0 heterocycles. The number of anilines is 2. The minimum absolute atomic E-state index is 0.00182. The molecule has 0 radical (unpaired) electrons. The molecule has 2 amide bonds. The lowest BCUT2D eigenvalue weighted by Crippen LogP contribution is -2.26. The average molecular weight is 481 g/mol. The second-order valence-corrected chi connectivity index (χ2v) is 11.0. The predicted octanol–water partition coefficient (Wildman–Crippen LogP) is 1.39. The van der Waals surface area contributed by atoms with Gasteiger partial charge in [-0.3, -0.25) is 14.3 Å². The van der Waals surface area contributed by atoms with Crippen molar-refractivity contribution in [2.75, 3.05) is 16.3 Å². The van der Waals surface area contributed by atoms with E-state index in [0.29, 0.717) is 11.3 Å². The molecule has 3 rings (SSSR count). The van der Waals surface area contributed by atoms with Crippen LogP contribution in [0.5, 0.6) is 0 Å². The summed E-state index contributed by atoms with van der Waals surface area (Å²) >= 11 is 0. The Balaban J connectivity index is 1.73. The maximum atomic E-state index is 12.8. The van der Waals surface area contributed by atoms with Crippen LogP contribution in [0, 0.1) is 0 Å². The molecule has 32 heavy (non-hydrogen) atoms. The van der Waals surface area contributed by atoms with Crippen molar-refractivity contribution in [1.82, 2.24) is 10.0 Å². The molecule has 0 aliphatic heterocycles. The average Bonchev–Trinajstić information content (AvgIpc) is 3.49. The lowest BCUT2D eigenvalue weighted by Gasteiger charge is -2.13. The molecule has 2 aromatic carbocycles. The minimum Gasteiger partial charge on any atom is -0.348 e.